The number of hydrogen-bond donors (Lipinski definition) is 2. The van der Waals surface area contributed by atoms with Crippen molar-refractivity contribution in [1.82, 2.24) is 0 Å². The average molecular weight is 260 g/mol. The van der Waals surface area contributed by atoms with Gasteiger partial charge in [-0.3, -0.25) is 0 Å². The normalized spacial score (nSPS) is 29.8. The summed E-state index contributed by atoms with van der Waals surface area (Å²) in [6.45, 7) is 9.57. The Morgan fingerprint density at radius 2 is 2.00 bits per heavy atom. The maximum atomic E-state index is 9.88. The highest BCUT2D eigenvalue weighted by Gasteiger charge is 2.35. The molecule has 0 amide bonds. The van der Waals surface area contributed by atoms with E-state index < -0.39 is 12.2 Å². The Kier molecular flexibility index (Phi) is 6.05. The molecule has 0 saturated carbocycles. The van der Waals surface area contributed by atoms with Crippen molar-refractivity contribution >= 4 is 0 Å². The Balaban J connectivity index is 2.38. The molecule has 2 N–H and O–H groups in total. The van der Waals surface area contributed by atoms with Crippen molar-refractivity contribution in [2.24, 2.45) is 5.92 Å². The summed E-state index contributed by atoms with van der Waals surface area (Å²) in [5, 5.41) is 19.5. The van der Waals surface area contributed by atoms with E-state index >= 15 is 0 Å². The van der Waals surface area contributed by atoms with Gasteiger partial charge in [-0.15, -0.1) is 0 Å². The molecule has 4 nitrogen and oxygen atoms in total. The largest absolute Gasteiger partial charge is 0.390 e. The van der Waals surface area contributed by atoms with Gasteiger partial charge in [0.2, 0.25) is 0 Å². The summed E-state index contributed by atoms with van der Waals surface area (Å²) in [5.41, 5.74) is -0.336. The van der Waals surface area contributed by atoms with Crippen LogP contribution in [0.1, 0.15) is 47.0 Å². The van der Waals surface area contributed by atoms with Crippen LogP contribution in [0.25, 0.3) is 0 Å². The lowest BCUT2D eigenvalue weighted by Crippen LogP contribution is -2.47. The smallest absolute Gasteiger partial charge is 0.106 e. The molecule has 0 aliphatic carbocycles. The number of ether oxygens (including phenoxy) is 2. The molecule has 0 bridgehead atoms. The van der Waals surface area contributed by atoms with Crippen molar-refractivity contribution in [2.45, 2.75) is 70.9 Å². The highest BCUT2D eigenvalue weighted by atomic mass is 16.5. The molecule has 108 valence electrons. The Morgan fingerprint density at radius 1 is 1.33 bits per heavy atom. The molecular formula is C14H28O4. The zero-order valence-corrected chi connectivity index (χ0v) is 12.1. The van der Waals surface area contributed by atoms with Gasteiger partial charge in [0.1, 0.15) is 6.10 Å². The lowest BCUT2D eigenvalue weighted by atomic mass is 9.92. The first kappa shape index (κ1) is 15.9. The highest BCUT2D eigenvalue weighted by molar-refractivity contribution is 4.86. The second-order valence-corrected chi connectivity index (χ2v) is 6.25. The van der Waals surface area contributed by atoms with Gasteiger partial charge in [-0.2, -0.15) is 0 Å². The fourth-order valence-corrected chi connectivity index (χ4v) is 2.15. The molecule has 0 aromatic carbocycles. The van der Waals surface area contributed by atoms with Gasteiger partial charge in [-0.25, -0.2) is 0 Å². The third kappa shape index (κ3) is 5.22. The number of hydrogen-bond acceptors (Lipinski definition) is 4. The Labute approximate surface area is 110 Å². The molecule has 1 fully saturated rings. The topological polar surface area (TPSA) is 58.9 Å². The average Bonchev–Trinajstić information content (AvgIpc) is 2.23. The minimum absolute atomic E-state index is 0.331. The first-order valence-electron chi connectivity index (χ1n) is 6.93. The van der Waals surface area contributed by atoms with Crippen LogP contribution in [0.2, 0.25) is 0 Å². The van der Waals surface area contributed by atoms with E-state index in [1.54, 1.807) is 0 Å². The SMILES string of the molecule is CC(C)CCOC(C)(C)C[C@H]1OCC[C@@H](O)[C@H]1O. The number of rotatable bonds is 6. The van der Waals surface area contributed by atoms with Gasteiger partial charge in [0.25, 0.3) is 0 Å². The van der Waals surface area contributed by atoms with E-state index in [-0.39, 0.29) is 11.7 Å². The van der Waals surface area contributed by atoms with Crippen molar-refractivity contribution in [2.75, 3.05) is 13.2 Å². The van der Waals surface area contributed by atoms with Crippen molar-refractivity contribution < 1.29 is 19.7 Å². The molecule has 1 rings (SSSR count). The zero-order valence-electron chi connectivity index (χ0n) is 12.1. The predicted octanol–water partition coefficient (Wildman–Crippen LogP) is 1.73. The molecule has 0 aromatic heterocycles. The Bertz CT molecular complexity index is 240. The molecule has 1 saturated heterocycles. The number of aliphatic hydroxyl groups excluding tert-OH is 2. The van der Waals surface area contributed by atoms with Gasteiger partial charge in [-0.1, -0.05) is 13.8 Å². The Morgan fingerprint density at radius 3 is 2.61 bits per heavy atom. The second kappa shape index (κ2) is 6.85. The summed E-state index contributed by atoms with van der Waals surface area (Å²) in [7, 11) is 0. The van der Waals surface area contributed by atoms with Crippen LogP contribution in [-0.4, -0.2) is 47.3 Å². The van der Waals surface area contributed by atoms with E-state index in [1.165, 1.54) is 0 Å². The van der Waals surface area contributed by atoms with E-state index in [2.05, 4.69) is 13.8 Å². The van der Waals surface area contributed by atoms with Crippen molar-refractivity contribution in [3.63, 3.8) is 0 Å². The van der Waals surface area contributed by atoms with Gasteiger partial charge in [-0.05, 0) is 32.6 Å². The molecule has 0 spiro atoms. The molecule has 1 heterocycles. The molecule has 0 unspecified atom stereocenters. The van der Waals surface area contributed by atoms with E-state index in [0.717, 1.165) is 13.0 Å². The van der Waals surface area contributed by atoms with Crippen molar-refractivity contribution in [3.8, 4) is 0 Å². The molecular weight excluding hydrogens is 232 g/mol. The van der Waals surface area contributed by atoms with Gasteiger partial charge in [0, 0.05) is 19.6 Å². The van der Waals surface area contributed by atoms with Crippen LogP contribution in [-0.2, 0) is 9.47 Å². The molecule has 1 aliphatic rings. The van der Waals surface area contributed by atoms with Gasteiger partial charge >= 0.3 is 0 Å². The summed E-state index contributed by atoms with van der Waals surface area (Å²) in [6, 6.07) is 0. The minimum atomic E-state index is -0.799. The third-order valence-electron chi connectivity index (χ3n) is 3.40. The first-order valence-corrected chi connectivity index (χ1v) is 6.93. The molecule has 0 aromatic rings. The minimum Gasteiger partial charge on any atom is -0.390 e. The zero-order chi connectivity index (χ0) is 13.8. The van der Waals surface area contributed by atoms with E-state index in [4.69, 9.17) is 9.47 Å². The fraction of sp³-hybridized carbons (Fsp3) is 1.00. The Hall–Kier alpha value is -0.160. The molecule has 1 aliphatic heterocycles. The van der Waals surface area contributed by atoms with Crippen LogP contribution in [0, 0.1) is 5.92 Å². The lowest BCUT2D eigenvalue weighted by Gasteiger charge is -2.37. The summed E-state index contributed by atoms with van der Waals surface area (Å²) < 4.78 is 11.4. The van der Waals surface area contributed by atoms with Crippen LogP contribution in [0.5, 0.6) is 0 Å². The van der Waals surface area contributed by atoms with Crippen LogP contribution in [0.3, 0.4) is 0 Å². The summed E-state index contributed by atoms with van der Waals surface area (Å²) in [4.78, 5) is 0. The van der Waals surface area contributed by atoms with Gasteiger partial charge < -0.3 is 19.7 Å². The molecule has 4 heteroatoms. The maximum absolute atomic E-state index is 9.88. The van der Waals surface area contributed by atoms with Crippen LogP contribution < -0.4 is 0 Å². The highest BCUT2D eigenvalue weighted by Crippen LogP contribution is 2.25. The standard InChI is InChI=1S/C14H28O4/c1-10(2)5-8-18-14(3,4)9-12-13(16)11(15)6-7-17-12/h10-13,15-16H,5-9H2,1-4H3/t11-,12-,13-/m1/s1. The van der Waals surface area contributed by atoms with Crippen LogP contribution in [0.4, 0.5) is 0 Å². The van der Waals surface area contributed by atoms with E-state index in [1.807, 2.05) is 13.8 Å². The quantitative estimate of drug-likeness (QED) is 0.763. The van der Waals surface area contributed by atoms with Crippen molar-refractivity contribution in [3.05, 3.63) is 0 Å². The van der Waals surface area contributed by atoms with E-state index in [9.17, 15) is 10.2 Å². The number of aliphatic hydroxyl groups is 2. The van der Waals surface area contributed by atoms with Gasteiger partial charge in [0.05, 0.1) is 17.8 Å². The molecule has 0 radical (unpaired) electrons. The fourth-order valence-electron chi connectivity index (χ4n) is 2.15. The summed E-state index contributed by atoms with van der Waals surface area (Å²) in [6.07, 6.45) is 0.334. The second-order valence-electron chi connectivity index (χ2n) is 6.25. The maximum Gasteiger partial charge on any atom is 0.106 e. The van der Waals surface area contributed by atoms with Crippen LogP contribution >= 0.6 is 0 Å². The lowest BCUT2D eigenvalue weighted by molar-refractivity contribution is -0.160. The van der Waals surface area contributed by atoms with Gasteiger partial charge in [0.15, 0.2) is 0 Å². The third-order valence-corrected chi connectivity index (χ3v) is 3.40. The van der Waals surface area contributed by atoms with E-state index in [0.29, 0.717) is 25.4 Å². The monoisotopic (exact) mass is 260 g/mol. The summed E-state index contributed by atoms with van der Waals surface area (Å²) >= 11 is 0. The van der Waals surface area contributed by atoms with Crippen LogP contribution in [0.15, 0.2) is 0 Å². The molecule has 3 atom stereocenters. The predicted molar refractivity (Wildman–Crippen MR) is 70.5 cm³/mol. The first-order chi connectivity index (χ1) is 8.32. The van der Waals surface area contributed by atoms with Crippen molar-refractivity contribution in [1.29, 1.82) is 0 Å². The molecule has 18 heavy (non-hydrogen) atoms. The summed E-state index contributed by atoms with van der Waals surface area (Å²) in [5.74, 6) is 0.624.